The molecule has 0 rings (SSSR count). The van der Waals surface area contributed by atoms with Gasteiger partial charge in [0.2, 0.25) is 0 Å². The summed E-state index contributed by atoms with van der Waals surface area (Å²) in [5.41, 5.74) is 0.566. The predicted molar refractivity (Wildman–Crippen MR) is 25.6 cm³/mol. The van der Waals surface area contributed by atoms with E-state index < -0.39 is 0 Å². The Morgan fingerprint density at radius 1 is 2.00 bits per heavy atom. The lowest BCUT2D eigenvalue weighted by atomic mass is 10.4. The van der Waals surface area contributed by atoms with Crippen molar-refractivity contribution in [1.29, 1.82) is 0 Å². The molecule has 0 amide bonds. The van der Waals surface area contributed by atoms with Gasteiger partial charge in [-0.15, -0.1) is 11.6 Å². The molecule has 0 bridgehead atoms. The first-order valence-corrected chi connectivity index (χ1v) is 2.16. The van der Waals surface area contributed by atoms with Gasteiger partial charge in [-0.05, 0) is 12.5 Å². The summed E-state index contributed by atoms with van der Waals surface area (Å²) in [6, 6.07) is 0. The van der Waals surface area contributed by atoms with Crippen LogP contribution in [0.25, 0.3) is 0 Å². The second-order valence-electron chi connectivity index (χ2n) is 1.09. The summed E-state index contributed by atoms with van der Waals surface area (Å²) in [5.74, 6) is 0.288. The fourth-order valence-corrected chi connectivity index (χ4v) is 0.0875. The van der Waals surface area contributed by atoms with Crippen LogP contribution < -0.4 is 0 Å². The molecule has 0 aromatic heterocycles. The maximum Gasteiger partial charge on any atom is 0.0868 e. The van der Waals surface area contributed by atoms with Crippen LogP contribution in [0.1, 0.15) is 6.92 Å². The van der Waals surface area contributed by atoms with Gasteiger partial charge in [-0.3, -0.25) is 0 Å². The van der Waals surface area contributed by atoms with E-state index in [1.807, 2.05) is 0 Å². The van der Waals surface area contributed by atoms with Gasteiger partial charge in [0.1, 0.15) is 0 Å². The average Bonchev–Trinajstić information content (AvgIpc) is 1.65. The van der Waals surface area contributed by atoms with Gasteiger partial charge in [0.25, 0.3) is 0 Å². The van der Waals surface area contributed by atoms with Crippen LogP contribution in [0, 0.1) is 0 Å². The van der Waals surface area contributed by atoms with Crippen molar-refractivity contribution in [2.24, 2.45) is 0 Å². The number of allylic oxidation sites excluding steroid dienone is 1. The van der Waals surface area contributed by atoms with Gasteiger partial charge >= 0.3 is 0 Å². The molecular weight excluding hydrogens is 102 g/mol. The minimum atomic E-state index is 0.288. The molecular formula is C4H6ClF. The van der Waals surface area contributed by atoms with E-state index in [1.54, 1.807) is 6.92 Å². The highest BCUT2D eigenvalue weighted by molar-refractivity contribution is 6.19. The van der Waals surface area contributed by atoms with Gasteiger partial charge in [-0.2, -0.15) is 0 Å². The fraction of sp³-hybridized carbons (Fsp3) is 0.500. The van der Waals surface area contributed by atoms with Crippen molar-refractivity contribution < 1.29 is 4.39 Å². The van der Waals surface area contributed by atoms with Crippen molar-refractivity contribution in [2.75, 3.05) is 5.88 Å². The van der Waals surface area contributed by atoms with Gasteiger partial charge in [0.15, 0.2) is 0 Å². The summed E-state index contributed by atoms with van der Waals surface area (Å²) in [7, 11) is 0. The first kappa shape index (κ1) is 5.96. The number of rotatable bonds is 1. The van der Waals surface area contributed by atoms with Crippen LogP contribution in [-0.4, -0.2) is 5.88 Å². The standard InChI is InChI=1S/C4H6ClF/c1-4(2-5)3-6/h3H,2H2,1H3/b4-3-. The van der Waals surface area contributed by atoms with E-state index in [2.05, 4.69) is 0 Å². The Balaban J connectivity index is 3.22. The molecule has 0 saturated carbocycles. The normalized spacial score (nSPS) is 12.2. The smallest absolute Gasteiger partial charge is 0.0868 e. The Labute approximate surface area is 41.6 Å². The zero-order valence-corrected chi connectivity index (χ0v) is 4.30. The third-order valence-corrected chi connectivity index (χ3v) is 0.819. The molecule has 36 valence electrons. The molecule has 0 N–H and O–H groups in total. The average molecular weight is 109 g/mol. The Morgan fingerprint density at radius 2 is 2.50 bits per heavy atom. The lowest BCUT2D eigenvalue weighted by Gasteiger charge is -1.80. The molecule has 0 nitrogen and oxygen atoms in total. The lowest BCUT2D eigenvalue weighted by molar-refractivity contribution is 0.710. The first-order chi connectivity index (χ1) is 2.81. The highest BCUT2D eigenvalue weighted by Gasteiger charge is 1.78. The second kappa shape index (κ2) is 3.16. The highest BCUT2D eigenvalue weighted by atomic mass is 35.5. The van der Waals surface area contributed by atoms with E-state index >= 15 is 0 Å². The summed E-state index contributed by atoms with van der Waals surface area (Å²) >= 11 is 5.14. The van der Waals surface area contributed by atoms with Gasteiger partial charge in [0, 0.05) is 5.88 Å². The lowest BCUT2D eigenvalue weighted by Crippen LogP contribution is -1.69. The van der Waals surface area contributed by atoms with Gasteiger partial charge in [-0.25, -0.2) is 4.39 Å². The Hall–Kier alpha value is -0.0400. The molecule has 0 aliphatic rings. The molecule has 0 aliphatic carbocycles. The number of halogens is 2. The topological polar surface area (TPSA) is 0 Å². The van der Waals surface area contributed by atoms with Crippen LogP contribution in [0.2, 0.25) is 0 Å². The van der Waals surface area contributed by atoms with Gasteiger partial charge in [0.05, 0.1) is 6.33 Å². The maximum absolute atomic E-state index is 11.1. The molecule has 0 radical (unpaired) electrons. The quantitative estimate of drug-likeness (QED) is 0.452. The third-order valence-electron chi connectivity index (χ3n) is 0.397. The molecule has 0 saturated heterocycles. The van der Waals surface area contributed by atoms with Crippen molar-refractivity contribution in [3.05, 3.63) is 11.9 Å². The fourth-order valence-electron chi connectivity index (χ4n) is 0.0292. The van der Waals surface area contributed by atoms with Crippen LogP contribution >= 0.6 is 11.6 Å². The van der Waals surface area contributed by atoms with Crippen LogP contribution in [0.4, 0.5) is 4.39 Å². The van der Waals surface area contributed by atoms with Crippen molar-refractivity contribution in [3.63, 3.8) is 0 Å². The molecule has 0 atom stereocenters. The zero-order chi connectivity index (χ0) is 4.99. The molecule has 6 heavy (non-hydrogen) atoms. The molecule has 0 unspecified atom stereocenters. The van der Waals surface area contributed by atoms with Crippen molar-refractivity contribution in [2.45, 2.75) is 6.92 Å². The number of hydrogen-bond acceptors (Lipinski definition) is 0. The van der Waals surface area contributed by atoms with Crippen molar-refractivity contribution in [3.8, 4) is 0 Å². The summed E-state index contributed by atoms with van der Waals surface area (Å²) in [6.45, 7) is 1.63. The van der Waals surface area contributed by atoms with Crippen LogP contribution in [0.3, 0.4) is 0 Å². The molecule has 0 fully saturated rings. The molecule has 0 aromatic rings. The van der Waals surface area contributed by atoms with E-state index in [9.17, 15) is 4.39 Å². The van der Waals surface area contributed by atoms with Crippen LogP contribution in [0.15, 0.2) is 11.9 Å². The Morgan fingerprint density at radius 3 is 2.50 bits per heavy atom. The second-order valence-corrected chi connectivity index (χ2v) is 1.36. The molecule has 0 spiro atoms. The minimum absolute atomic E-state index is 0.288. The number of hydrogen-bond donors (Lipinski definition) is 0. The van der Waals surface area contributed by atoms with Crippen LogP contribution in [0.5, 0.6) is 0 Å². The zero-order valence-electron chi connectivity index (χ0n) is 3.54. The van der Waals surface area contributed by atoms with Gasteiger partial charge in [-0.1, -0.05) is 0 Å². The monoisotopic (exact) mass is 108 g/mol. The SMILES string of the molecule is C/C(=C/F)CCl. The van der Waals surface area contributed by atoms with E-state index in [0.717, 1.165) is 0 Å². The molecule has 0 heterocycles. The molecule has 0 aromatic carbocycles. The minimum Gasteiger partial charge on any atom is -0.216 e. The highest BCUT2D eigenvalue weighted by Crippen LogP contribution is 1.93. The summed E-state index contributed by atoms with van der Waals surface area (Å²) in [5, 5.41) is 0. The van der Waals surface area contributed by atoms with Gasteiger partial charge < -0.3 is 0 Å². The third kappa shape index (κ3) is 2.21. The summed E-state index contributed by atoms with van der Waals surface area (Å²) in [6.07, 6.45) is 0.507. The van der Waals surface area contributed by atoms with E-state index in [0.29, 0.717) is 11.9 Å². The Bertz CT molecular complexity index is 58.6. The summed E-state index contributed by atoms with van der Waals surface area (Å²) < 4.78 is 11.1. The van der Waals surface area contributed by atoms with E-state index in [-0.39, 0.29) is 5.88 Å². The Kier molecular flexibility index (Phi) is 3.14. The maximum atomic E-state index is 11.1. The molecule has 2 heteroatoms. The van der Waals surface area contributed by atoms with E-state index in [4.69, 9.17) is 11.6 Å². The largest absolute Gasteiger partial charge is 0.216 e. The molecule has 0 aliphatic heterocycles. The predicted octanol–water partition coefficient (Wildman–Crippen LogP) is 2.10. The van der Waals surface area contributed by atoms with Crippen LogP contribution in [-0.2, 0) is 0 Å². The van der Waals surface area contributed by atoms with Crippen molar-refractivity contribution >= 4 is 11.6 Å². The first-order valence-electron chi connectivity index (χ1n) is 1.63. The van der Waals surface area contributed by atoms with Crippen molar-refractivity contribution in [1.82, 2.24) is 0 Å². The van der Waals surface area contributed by atoms with E-state index in [1.165, 1.54) is 0 Å². The number of alkyl halides is 1. The summed E-state index contributed by atoms with van der Waals surface area (Å²) in [4.78, 5) is 0.